The minimum absolute atomic E-state index is 0.00754. The molecule has 1 N–H and O–H groups in total. The summed E-state index contributed by atoms with van der Waals surface area (Å²) in [6.45, 7) is 4.86. The van der Waals surface area contributed by atoms with Crippen LogP contribution in [0.4, 0.5) is 0 Å². The maximum Gasteiger partial charge on any atom is 0.220 e. The zero-order valence-electron chi connectivity index (χ0n) is 16.9. The van der Waals surface area contributed by atoms with Crippen molar-refractivity contribution < 1.29 is 14.3 Å². The van der Waals surface area contributed by atoms with Crippen LogP contribution in [0, 0.1) is 13.8 Å². The summed E-state index contributed by atoms with van der Waals surface area (Å²) in [6.07, 6.45) is 2.84. The molecular weight excluding hydrogens is 364 g/mol. The number of para-hydroxylation sites is 1. The molecule has 0 saturated heterocycles. The van der Waals surface area contributed by atoms with Crippen LogP contribution >= 0.6 is 0 Å². The molecule has 5 heteroatoms. The number of aromatic nitrogens is 1. The summed E-state index contributed by atoms with van der Waals surface area (Å²) < 4.78 is 5.81. The van der Waals surface area contributed by atoms with E-state index in [0.29, 0.717) is 25.1 Å². The molecule has 3 rings (SSSR count). The van der Waals surface area contributed by atoms with Crippen molar-refractivity contribution in [2.45, 2.75) is 33.1 Å². The highest BCUT2D eigenvalue weighted by molar-refractivity contribution is 5.99. The van der Waals surface area contributed by atoms with Crippen molar-refractivity contribution in [2.24, 2.45) is 0 Å². The second-order valence-corrected chi connectivity index (χ2v) is 7.12. The molecule has 0 unspecified atom stereocenters. The largest absolute Gasteiger partial charge is 0.491 e. The molecule has 0 atom stereocenters. The summed E-state index contributed by atoms with van der Waals surface area (Å²) in [5.74, 6) is 0.636. The zero-order chi connectivity index (χ0) is 20.6. The molecule has 0 aliphatic heterocycles. The van der Waals surface area contributed by atoms with Crippen LogP contribution in [0.15, 0.2) is 54.7 Å². The van der Waals surface area contributed by atoms with Crippen molar-refractivity contribution in [3.05, 3.63) is 71.4 Å². The zero-order valence-corrected chi connectivity index (χ0v) is 16.9. The predicted molar refractivity (Wildman–Crippen MR) is 114 cm³/mol. The first-order chi connectivity index (χ1) is 14.0. The number of hydrogen-bond acceptors (Lipinski definition) is 4. The molecule has 29 heavy (non-hydrogen) atoms. The number of carbonyl (C=O) groups is 2. The lowest BCUT2D eigenvalue weighted by Crippen LogP contribution is -2.26. The van der Waals surface area contributed by atoms with Crippen LogP contribution in [0.5, 0.6) is 5.75 Å². The summed E-state index contributed by atoms with van der Waals surface area (Å²) in [5, 5.41) is 3.89. The molecule has 0 aliphatic rings. The molecule has 1 aromatic heterocycles. The second kappa shape index (κ2) is 9.82. The Morgan fingerprint density at radius 2 is 1.86 bits per heavy atom. The van der Waals surface area contributed by atoms with E-state index in [1.54, 1.807) is 6.20 Å². The number of hydrogen-bond donors (Lipinski definition) is 1. The predicted octanol–water partition coefficient (Wildman–Crippen LogP) is 4.40. The fourth-order valence-electron chi connectivity index (χ4n) is 3.16. The van der Waals surface area contributed by atoms with Crippen LogP contribution in [-0.4, -0.2) is 29.8 Å². The van der Waals surface area contributed by atoms with Gasteiger partial charge in [-0.1, -0.05) is 35.9 Å². The minimum Gasteiger partial charge on any atom is -0.491 e. The van der Waals surface area contributed by atoms with E-state index in [0.717, 1.165) is 27.8 Å². The van der Waals surface area contributed by atoms with Crippen LogP contribution < -0.4 is 10.1 Å². The Balaban J connectivity index is 1.38. The molecule has 0 saturated carbocycles. The molecule has 0 fully saturated rings. The number of amides is 1. The van der Waals surface area contributed by atoms with E-state index >= 15 is 0 Å². The molecule has 0 spiro atoms. The summed E-state index contributed by atoms with van der Waals surface area (Å²) in [4.78, 5) is 28.7. The third-order valence-corrected chi connectivity index (χ3v) is 4.77. The topological polar surface area (TPSA) is 68.3 Å². The Morgan fingerprint density at radius 3 is 2.72 bits per heavy atom. The Kier molecular flexibility index (Phi) is 6.95. The van der Waals surface area contributed by atoms with Gasteiger partial charge >= 0.3 is 0 Å². The van der Waals surface area contributed by atoms with Gasteiger partial charge in [-0.05, 0) is 44.0 Å². The first kappa shape index (κ1) is 20.5. The minimum atomic E-state index is -0.115. The van der Waals surface area contributed by atoms with E-state index in [4.69, 9.17) is 4.74 Å². The third kappa shape index (κ3) is 5.64. The summed E-state index contributed by atoms with van der Waals surface area (Å²) in [5.41, 5.74) is 3.53. The summed E-state index contributed by atoms with van der Waals surface area (Å²) >= 11 is 0. The van der Waals surface area contributed by atoms with Crippen LogP contribution in [-0.2, 0) is 4.79 Å². The highest BCUT2D eigenvalue weighted by Crippen LogP contribution is 2.22. The first-order valence-corrected chi connectivity index (χ1v) is 9.88. The van der Waals surface area contributed by atoms with Crippen LogP contribution in [0.2, 0.25) is 0 Å². The first-order valence-electron chi connectivity index (χ1n) is 9.88. The summed E-state index contributed by atoms with van der Waals surface area (Å²) in [7, 11) is 0. The maximum atomic E-state index is 12.4. The van der Waals surface area contributed by atoms with Gasteiger partial charge in [-0.15, -0.1) is 0 Å². The van der Waals surface area contributed by atoms with Gasteiger partial charge in [0.2, 0.25) is 5.91 Å². The number of benzene rings is 2. The quantitative estimate of drug-likeness (QED) is 0.434. The molecular formula is C24H26N2O3. The number of ketones is 1. The molecule has 5 nitrogen and oxygen atoms in total. The lowest BCUT2D eigenvalue weighted by Gasteiger charge is -2.09. The van der Waals surface area contributed by atoms with Crippen LogP contribution in [0.1, 0.15) is 40.7 Å². The number of pyridine rings is 1. The fraction of sp³-hybridized carbons (Fsp3) is 0.292. The third-order valence-electron chi connectivity index (χ3n) is 4.77. The maximum absolute atomic E-state index is 12.4. The Morgan fingerprint density at radius 1 is 1.03 bits per heavy atom. The molecule has 2 aromatic carbocycles. The van der Waals surface area contributed by atoms with Gasteiger partial charge in [-0.3, -0.25) is 14.6 Å². The average molecular weight is 390 g/mol. The Hall–Kier alpha value is -3.21. The van der Waals surface area contributed by atoms with Crippen molar-refractivity contribution in [3.63, 3.8) is 0 Å². The van der Waals surface area contributed by atoms with E-state index in [1.807, 2.05) is 62.4 Å². The lowest BCUT2D eigenvalue weighted by molar-refractivity contribution is -0.121. The van der Waals surface area contributed by atoms with Gasteiger partial charge in [0.1, 0.15) is 11.3 Å². The van der Waals surface area contributed by atoms with E-state index in [9.17, 15) is 9.59 Å². The van der Waals surface area contributed by atoms with Crippen molar-refractivity contribution in [2.75, 3.05) is 13.2 Å². The number of nitrogens with one attached hydrogen (secondary N) is 1. The van der Waals surface area contributed by atoms with E-state index in [1.165, 1.54) is 0 Å². The Labute approximate surface area is 171 Å². The second-order valence-electron chi connectivity index (χ2n) is 7.12. The Bertz CT molecular complexity index is 1010. The van der Waals surface area contributed by atoms with Crippen molar-refractivity contribution >= 4 is 22.6 Å². The van der Waals surface area contributed by atoms with Gasteiger partial charge in [0.15, 0.2) is 5.78 Å². The highest BCUT2D eigenvalue weighted by Gasteiger charge is 2.11. The molecule has 150 valence electrons. The highest BCUT2D eigenvalue weighted by atomic mass is 16.5. The van der Waals surface area contributed by atoms with Gasteiger partial charge in [-0.25, -0.2) is 0 Å². The lowest BCUT2D eigenvalue weighted by atomic mass is 9.99. The van der Waals surface area contributed by atoms with E-state index in [2.05, 4.69) is 10.3 Å². The SMILES string of the molecule is Cc1ccc(C)c(C(=O)CCC(=O)NCCCOc2cccc3cccnc23)c1. The molecule has 3 aromatic rings. The number of aryl methyl sites for hydroxylation is 2. The van der Waals surface area contributed by atoms with Crippen molar-refractivity contribution in [3.8, 4) is 5.75 Å². The smallest absolute Gasteiger partial charge is 0.220 e. The normalized spacial score (nSPS) is 10.7. The molecule has 0 radical (unpaired) electrons. The fourth-order valence-corrected chi connectivity index (χ4v) is 3.16. The number of nitrogens with zero attached hydrogens (tertiary/aromatic N) is 1. The van der Waals surface area contributed by atoms with Crippen LogP contribution in [0.25, 0.3) is 10.9 Å². The van der Waals surface area contributed by atoms with E-state index in [-0.39, 0.29) is 24.5 Å². The van der Waals surface area contributed by atoms with Gasteiger partial charge in [0, 0.05) is 36.5 Å². The molecule has 1 heterocycles. The van der Waals surface area contributed by atoms with E-state index < -0.39 is 0 Å². The number of fused-ring (bicyclic) bond motifs is 1. The van der Waals surface area contributed by atoms with Crippen molar-refractivity contribution in [1.82, 2.24) is 10.3 Å². The van der Waals surface area contributed by atoms with Gasteiger partial charge in [0.25, 0.3) is 0 Å². The monoisotopic (exact) mass is 390 g/mol. The van der Waals surface area contributed by atoms with Gasteiger partial charge in [-0.2, -0.15) is 0 Å². The number of carbonyl (C=O) groups excluding carboxylic acids is 2. The number of Topliss-reactive ketones (excluding diaryl/α,β-unsaturated/α-hetero) is 1. The van der Waals surface area contributed by atoms with Gasteiger partial charge < -0.3 is 10.1 Å². The molecule has 1 amide bonds. The van der Waals surface area contributed by atoms with Gasteiger partial charge in [0.05, 0.1) is 6.61 Å². The van der Waals surface area contributed by atoms with Crippen molar-refractivity contribution in [1.29, 1.82) is 0 Å². The van der Waals surface area contributed by atoms with Crippen LogP contribution in [0.3, 0.4) is 0 Å². The average Bonchev–Trinajstić information content (AvgIpc) is 2.73. The molecule has 0 bridgehead atoms. The standard InChI is InChI=1S/C24H26N2O3/c1-17-9-10-18(2)20(16-17)21(27)11-12-23(28)25-14-5-15-29-22-8-3-6-19-7-4-13-26-24(19)22/h3-4,6-10,13,16H,5,11-12,14-15H2,1-2H3,(H,25,28). The number of ether oxygens (including phenoxy) is 1. The number of rotatable bonds is 9. The molecule has 0 aliphatic carbocycles. The summed E-state index contributed by atoms with van der Waals surface area (Å²) in [6, 6.07) is 15.5.